The van der Waals surface area contributed by atoms with Crippen LogP contribution in [0.5, 0.6) is 0 Å². The zero-order valence-electron chi connectivity index (χ0n) is 8.00. The van der Waals surface area contributed by atoms with Gasteiger partial charge in [0.15, 0.2) is 5.78 Å². The van der Waals surface area contributed by atoms with E-state index in [0.29, 0.717) is 6.42 Å². The van der Waals surface area contributed by atoms with Gasteiger partial charge in [0.2, 0.25) is 0 Å². The molecule has 0 aliphatic carbocycles. The lowest BCUT2D eigenvalue weighted by molar-refractivity contribution is 0.0980. The molecule has 0 N–H and O–H groups in total. The predicted molar refractivity (Wildman–Crippen MR) is 53.4 cm³/mol. The van der Waals surface area contributed by atoms with E-state index in [0.717, 1.165) is 23.4 Å². The number of fused-ring (bicyclic) bond motifs is 1. The van der Waals surface area contributed by atoms with E-state index >= 15 is 0 Å². The second-order valence-corrected chi connectivity index (χ2v) is 3.56. The van der Waals surface area contributed by atoms with Gasteiger partial charge in [0, 0.05) is 31.3 Å². The lowest BCUT2D eigenvalue weighted by atomic mass is 9.96. The highest BCUT2D eigenvalue weighted by atomic mass is 16.1. The van der Waals surface area contributed by atoms with Crippen LogP contribution in [-0.4, -0.2) is 19.4 Å². The molecule has 0 saturated carbocycles. The number of anilines is 1. The van der Waals surface area contributed by atoms with Gasteiger partial charge in [-0.05, 0) is 18.6 Å². The molecule has 1 aliphatic rings. The molecule has 68 valence electrons. The maximum Gasteiger partial charge on any atom is 0.166 e. The first-order valence-electron chi connectivity index (χ1n) is 4.54. The van der Waals surface area contributed by atoms with E-state index in [1.807, 2.05) is 32.2 Å². The number of nitrogens with zero attached hydrogens (tertiary/aromatic N) is 1. The highest BCUT2D eigenvalue weighted by Crippen LogP contribution is 2.27. The van der Waals surface area contributed by atoms with Gasteiger partial charge in [-0.1, -0.05) is 12.1 Å². The quantitative estimate of drug-likeness (QED) is 0.601. The van der Waals surface area contributed by atoms with Crippen molar-refractivity contribution in [2.75, 3.05) is 18.5 Å². The minimum atomic E-state index is 0.284. The molecule has 0 fully saturated rings. The summed E-state index contributed by atoms with van der Waals surface area (Å²) >= 11 is 0. The van der Waals surface area contributed by atoms with Crippen LogP contribution in [0.25, 0.3) is 0 Å². The summed E-state index contributed by atoms with van der Waals surface area (Å²) in [6.45, 7) is 2.84. The first kappa shape index (κ1) is 8.30. The minimum Gasteiger partial charge on any atom is -0.374 e. The third-order valence-corrected chi connectivity index (χ3v) is 2.62. The second kappa shape index (κ2) is 2.87. The Kier molecular flexibility index (Phi) is 1.83. The van der Waals surface area contributed by atoms with E-state index in [1.54, 1.807) is 0 Å². The average Bonchev–Trinajstić information content (AvgIpc) is 2.12. The molecule has 1 aromatic carbocycles. The molecular formula is C11H13NO. The number of carbonyl (C=O) groups excluding carboxylic acids is 1. The van der Waals surface area contributed by atoms with E-state index < -0.39 is 0 Å². The molecule has 0 radical (unpaired) electrons. The van der Waals surface area contributed by atoms with E-state index in [4.69, 9.17) is 0 Å². The molecule has 0 bridgehead atoms. The van der Waals surface area contributed by atoms with Crippen molar-refractivity contribution in [1.29, 1.82) is 0 Å². The Morgan fingerprint density at radius 1 is 1.38 bits per heavy atom. The third-order valence-electron chi connectivity index (χ3n) is 2.62. The van der Waals surface area contributed by atoms with Crippen molar-refractivity contribution in [2.24, 2.45) is 0 Å². The summed E-state index contributed by atoms with van der Waals surface area (Å²) in [6, 6.07) is 6.01. The van der Waals surface area contributed by atoms with Crippen LogP contribution in [0.4, 0.5) is 5.69 Å². The summed E-state index contributed by atoms with van der Waals surface area (Å²) in [6.07, 6.45) is 0.647. The Hall–Kier alpha value is -1.31. The minimum absolute atomic E-state index is 0.284. The van der Waals surface area contributed by atoms with E-state index in [-0.39, 0.29) is 5.78 Å². The summed E-state index contributed by atoms with van der Waals surface area (Å²) in [5.74, 6) is 0.284. The lowest BCUT2D eigenvalue weighted by Gasteiger charge is -2.27. The Balaban J connectivity index is 2.63. The summed E-state index contributed by atoms with van der Waals surface area (Å²) in [7, 11) is 2.03. The molecule has 0 spiro atoms. The SMILES string of the molecule is Cc1cccc2c1C(=O)CCN2C. The van der Waals surface area contributed by atoms with Crippen molar-refractivity contribution < 1.29 is 4.79 Å². The van der Waals surface area contributed by atoms with Crippen LogP contribution >= 0.6 is 0 Å². The first-order valence-corrected chi connectivity index (χ1v) is 4.54. The van der Waals surface area contributed by atoms with Crippen LogP contribution in [0, 0.1) is 6.92 Å². The van der Waals surface area contributed by atoms with E-state index in [9.17, 15) is 4.79 Å². The van der Waals surface area contributed by atoms with Crippen LogP contribution in [0.3, 0.4) is 0 Å². The largest absolute Gasteiger partial charge is 0.374 e. The standard InChI is InChI=1S/C11H13NO/c1-8-4-3-5-9-11(8)10(13)6-7-12(9)2/h3-5H,6-7H2,1-2H3. The summed E-state index contributed by atoms with van der Waals surface area (Å²) in [5.41, 5.74) is 3.08. The molecule has 0 unspecified atom stereocenters. The van der Waals surface area contributed by atoms with Gasteiger partial charge >= 0.3 is 0 Å². The fourth-order valence-electron chi connectivity index (χ4n) is 1.85. The molecule has 2 rings (SSSR count). The molecule has 0 amide bonds. The number of hydrogen-bond acceptors (Lipinski definition) is 2. The van der Waals surface area contributed by atoms with Crippen LogP contribution in [-0.2, 0) is 0 Å². The number of aryl methyl sites for hydroxylation is 1. The van der Waals surface area contributed by atoms with Crippen molar-refractivity contribution in [3.63, 3.8) is 0 Å². The molecule has 0 atom stereocenters. The van der Waals surface area contributed by atoms with Gasteiger partial charge in [-0.15, -0.1) is 0 Å². The number of carbonyl (C=O) groups is 1. The summed E-state index contributed by atoms with van der Waals surface area (Å²) in [4.78, 5) is 13.8. The normalized spacial score (nSPS) is 15.8. The van der Waals surface area contributed by atoms with Crippen molar-refractivity contribution >= 4 is 11.5 Å². The fraction of sp³-hybridized carbons (Fsp3) is 0.364. The Morgan fingerprint density at radius 2 is 2.15 bits per heavy atom. The maximum atomic E-state index is 11.6. The second-order valence-electron chi connectivity index (χ2n) is 3.56. The van der Waals surface area contributed by atoms with Gasteiger partial charge < -0.3 is 4.90 Å². The fourth-order valence-corrected chi connectivity index (χ4v) is 1.85. The lowest BCUT2D eigenvalue weighted by Crippen LogP contribution is -2.28. The summed E-state index contributed by atoms with van der Waals surface area (Å²) in [5, 5.41) is 0. The Bertz CT molecular complexity index is 357. The molecule has 1 heterocycles. The van der Waals surface area contributed by atoms with Crippen molar-refractivity contribution in [1.82, 2.24) is 0 Å². The molecule has 13 heavy (non-hydrogen) atoms. The number of benzene rings is 1. The van der Waals surface area contributed by atoms with Gasteiger partial charge in [-0.3, -0.25) is 4.79 Å². The monoisotopic (exact) mass is 175 g/mol. The Morgan fingerprint density at radius 3 is 2.85 bits per heavy atom. The zero-order chi connectivity index (χ0) is 9.42. The number of Topliss-reactive ketones (excluding diaryl/α,β-unsaturated/α-hetero) is 1. The summed E-state index contributed by atoms with van der Waals surface area (Å²) < 4.78 is 0. The highest BCUT2D eigenvalue weighted by molar-refractivity contribution is 6.04. The average molecular weight is 175 g/mol. The molecule has 2 nitrogen and oxygen atoms in total. The molecular weight excluding hydrogens is 162 g/mol. The molecule has 1 aromatic rings. The van der Waals surface area contributed by atoms with Crippen molar-refractivity contribution in [3.8, 4) is 0 Å². The first-order chi connectivity index (χ1) is 6.20. The highest BCUT2D eigenvalue weighted by Gasteiger charge is 2.21. The third kappa shape index (κ3) is 1.22. The maximum absolute atomic E-state index is 11.6. The smallest absolute Gasteiger partial charge is 0.166 e. The zero-order valence-corrected chi connectivity index (χ0v) is 8.00. The molecule has 2 heteroatoms. The number of ketones is 1. The number of hydrogen-bond donors (Lipinski definition) is 0. The molecule has 0 saturated heterocycles. The van der Waals surface area contributed by atoms with E-state index in [1.165, 1.54) is 0 Å². The van der Waals surface area contributed by atoms with Gasteiger partial charge in [0.05, 0.1) is 0 Å². The van der Waals surface area contributed by atoms with Gasteiger partial charge in [0.1, 0.15) is 0 Å². The molecule has 1 aliphatic heterocycles. The molecule has 0 aromatic heterocycles. The van der Waals surface area contributed by atoms with Gasteiger partial charge in [0.25, 0.3) is 0 Å². The van der Waals surface area contributed by atoms with Crippen LogP contribution < -0.4 is 4.90 Å². The van der Waals surface area contributed by atoms with E-state index in [2.05, 4.69) is 4.90 Å². The van der Waals surface area contributed by atoms with Crippen molar-refractivity contribution in [2.45, 2.75) is 13.3 Å². The predicted octanol–water partition coefficient (Wildman–Crippen LogP) is 2.02. The van der Waals surface area contributed by atoms with Crippen molar-refractivity contribution in [3.05, 3.63) is 29.3 Å². The van der Waals surface area contributed by atoms with Crippen LogP contribution in [0.1, 0.15) is 22.3 Å². The number of rotatable bonds is 0. The van der Waals surface area contributed by atoms with Gasteiger partial charge in [-0.25, -0.2) is 0 Å². The topological polar surface area (TPSA) is 20.3 Å². The Labute approximate surface area is 78.2 Å². The van der Waals surface area contributed by atoms with Gasteiger partial charge in [-0.2, -0.15) is 0 Å². The van der Waals surface area contributed by atoms with Crippen LogP contribution in [0.15, 0.2) is 18.2 Å². The van der Waals surface area contributed by atoms with Crippen LogP contribution in [0.2, 0.25) is 0 Å².